The number of hydrogen-bond acceptors (Lipinski definition) is 7. The molecule has 4 atom stereocenters. The smallest absolute Gasteiger partial charge is 0.305 e. The molecule has 1 aliphatic heterocycles. The minimum Gasteiger partial charge on any atom is -0.453 e. The minimum atomic E-state index is -1.50. The lowest BCUT2D eigenvalue weighted by Gasteiger charge is -2.32. The van der Waals surface area contributed by atoms with Gasteiger partial charge in [0, 0.05) is 27.1 Å². The van der Waals surface area contributed by atoms with Crippen molar-refractivity contribution in [2.75, 3.05) is 26.5 Å². The van der Waals surface area contributed by atoms with Crippen LogP contribution in [0.1, 0.15) is 53.4 Å². The van der Waals surface area contributed by atoms with Gasteiger partial charge < -0.3 is 23.7 Å². The van der Waals surface area contributed by atoms with E-state index in [4.69, 9.17) is 23.7 Å². The standard InChI is InChI=1S/C18H31FO7/c1-5-7-9-22-12-18(11-19)16(23-10-8-6-2)15(24-13(3)20)17(26-18)25-14(4)21/h15-17H,5-12H2,1-4H3/t15?,16?,17?,18-/m1/s1. The topological polar surface area (TPSA) is 80.3 Å². The first-order valence-electron chi connectivity index (χ1n) is 9.17. The lowest BCUT2D eigenvalue weighted by atomic mass is 9.97. The van der Waals surface area contributed by atoms with E-state index in [-0.39, 0.29) is 6.61 Å². The zero-order valence-corrected chi connectivity index (χ0v) is 16.1. The van der Waals surface area contributed by atoms with Crippen molar-refractivity contribution in [1.29, 1.82) is 0 Å². The summed E-state index contributed by atoms with van der Waals surface area (Å²) in [4.78, 5) is 22.9. The average molecular weight is 378 g/mol. The Morgan fingerprint density at radius 1 is 1.04 bits per heavy atom. The van der Waals surface area contributed by atoms with Crippen LogP contribution < -0.4 is 0 Å². The van der Waals surface area contributed by atoms with Gasteiger partial charge in [0.1, 0.15) is 12.8 Å². The Labute approximate surface area is 154 Å². The molecule has 3 unspecified atom stereocenters. The van der Waals surface area contributed by atoms with Crippen LogP contribution in [-0.4, -0.2) is 62.5 Å². The predicted molar refractivity (Wildman–Crippen MR) is 91.3 cm³/mol. The van der Waals surface area contributed by atoms with Crippen molar-refractivity contribution in [3.8, 4) is 0 Å². The van der Waals surface area contributed by atoms with Crippen LogP contribution in [0.3, 0.4) is 0 Å². The van der Waals surface area contributed by atoms with E-state index in [1.807, 2.05) is 13.8 Å². The van der Waals surface area contributed by atoms with Gasteiger partial charge in [-0.3, -0.25) is 9.59 Å². The average Bonchev–Trinajstić information content (AvgIpc) is 2.85. The van der Waals surface area contributed by atoms with Gasteiger partial charge in [-0.25, -0.2) is 4.39 Å². The van der Waals surface area contributed by atoms with E-state index in [0.717, 1.165) is 25.7 Å². The third kappa shape index (κ3) is 6.48. The summed E-state index contributed by atoms with van der Waals surface area (Å²) in [7, 11) is 0. The summed E-state index contributed by atoms with van der Waals surface area (Å²) in [6, 6.07) is 0. The molecule has 1 rings (SSSR count). The van der Waals surface area contributed by atoms with Crippen LogP contribution >= 0.6 is 0 Å². The monoisotopic (exact) mass is 378 g/mol. The molecule has 8 heteroatoms. The molecule has 1 saturated heterocycles. The fourth-order valence-corrected chi connectivity index (χ4v) is 2.73. The number of alkyl halides is 1. The molecule has 0 radical (unpaired) electrons. The SMILES string of the molecule is CCCCOC[C@@]1(CF)OC(OC(C)=O)C(OC(C)=O)C1OCCCC. The Morgan fingerprint density at radius 3 is 2.19 bits per heavy atom. The Hall–Kier alpha value is -1.25. The molecule has 0 N–H and O–H groups in total. The summed E-state index contributed by atoms with van der Waals surface area (Å²) in [6.45, 7) is 6.21. The van der Waals surface area contributed by atoms with Crippen LogP contribution in [0, 0.1) is 0 Å². The molecule has 0 saturated carbocycles. The minimum absolute atomic E-state index is 0.0875. The second-order valence-corrected chi connectivity index (χ2v) is 6.42. The highest BCUT2D eigenvalue weighted by Gasteiger charge is 2.59. The number of halogens is 1. The second kappa shape index (κ2) is 11.5. The van der Waals surface area contributed by atoms with E-state index in [1.54, 1.807) is 0 Å². The molecule has 7 nitrogen and oxygen atoms in total. The maximum Gasteiger partial charge on any atom is 0.305 e. The molecule has 0 aromatic rings. The molecule has 0 aromatic heterocycles. The quantitative estimate of drug-likeness (QED) is 0.381. The Morgan fingerprint density at radius 2 is 1.65 bits per heavy atom. The first kappa shape index (κ1) is 22.8. The number of ether oxygens (including phenoxy) is 5. The summed E-state index contributed by atoms with van der Waals surface area (Å²) >= 11 is 0. The predicted octanol–water partition coefficient (Wildman–Crippen LogP) is 2.55. The fourth-order valence-electron chi connectivity index (χ4n) is 2.73. The van der Waals surface area contributed by atoms with Crippen molar-refractivity contribution in [1.82, 2.24) is 0 Å². The van der Waals surface area contributed by atoms with E-state index in [2.05, 4.69) is 0 Å². The summed E-state index contributed by atoms with van der Waals surface area (Å²) < 4.78 is 41.5. The number of unbranched alkanes of at least 4 members (excludes halogenated alkanes) is 2. The van der Waals surface area contributed by atoms with Gasteiger partial charge >= 0.3 is 11.9 Å². The van der Waals surface area contributed by atoms with Crippen molar-refractivity contribution in [3.63, 3.8) is 0 Å². The Bertz CT molecular complexity index is 445. The molecule has 0 bridgehead atoms. The number of carbonyl (C=O) groups is 2. The molecule has 0 spiro atoms. The Balaban J connectivity index is 3.02. The molecular formula is C18H31FO7. The third-order valence-electron chi connectivity index (χ3n) is 4.03. The van der Waals surface area contributed by atoms with Crippen molar-refractivity contribution < 1.29 is 37.7 Å². The van der Waals surface area contributed by atoms with Gasteiger partial charge in [-0.1, -0.05) is 26.7 Å². The lowest BCUT2D eigenvalue weighted by Crippen LogP contribution is -2.51. The molecule has 1 fully saturated rings. The van der Waals surface area contributed by atoms with Gasteiger partial charge in [0.25, 0.3) is 0 Å². The summed E-state index contributed by atoms with van der Waals surface area (Å²) in [5.41, 5.74) is -1.50. The summed E-state index contributed by atoms with van der Waals surface area (Å²) in [5, 5.41) is 0. The Kier molecular flexibility index (Phi) is 10.0. The van der Waals surface area contributed by atoms with E-state index < -0.39 is 42.7 Å². The zero-order chi connectivity index (χ0) is 19.6. The molecule has 0 aromatic carbocycles. The third-order valence-corrected chi connectivity index (χ3v) is 4.03. The number of hydrogen-bond donors (Lipinski definition) is 0. The number of rotatable bonds is 12. The molecule has 152 valence electrons. The largest absolute Gasteiger partial charge is 0.453 e. The van der Waals surface area contributed by atoms with Crippen molar-refractivity contribution >= 4 is 11.9 Å². The van der Waals surface area contributed by atoms with E-state index >= 15 is 0 Å². The maximum absolute atomic E-state index is 14.1. The molecular weight excluding hydrogens is 347 g/mol. The fraction of sp³-hybridized carbons (Fsp3) is 0.889. The van der Waals surface area contributed by atoms with Crippen molar-refractivity contribution in [2.24, 2.45) is 0 Å². The van der Waals surface area contributed by atoms with Crippen LogP contribution in [0.2, 0.25) is 0 Å². The van der Waals surface area contributed by atoms with Crippen LogP contribution in [0.15, 0.2) is 0 Å². The maximum atomic E-state index is 14.1. The van der Waals surface area contributed by atoms with Gasteiger partial charge in [-0.15, -0.1) is 0 Å². The molecule has 0 aliphatic carbocycles. The molecule has 26 heavy (non-hydrogen) atoms. The van der Waals surface area contributed by atoms with E-state index in [9.17, 15) is 14.0 Å². The second-order valence-electron chi connectivity index (χ2n) is 6.42. The van der Waals surface area contributed by atoms with Gasteiger partial charge in [0.05, 0.1) is 6.61 Å². The van der Waals surface area contributed by atoms with E-state index in [1.165, 1.54) is 13.8 Å². The highest BCUT2D eigenvalue weighted by Crippen LogP contribution is 2.37. The zero-order valence-electron chi connectivity index (χ0n) is 16.1. The lowest BCUT2D eigenvalue weighted by molar-refractivity contribution is -0.213. The highest BCUT2D eigenvalue weighted by atomic mass is 19.1. The van der Waals surface area contributed by atoms with Gasteiger partial charge in [0.2, 0.25) is 6.29 Å². The van der Waals surface area contributed by atoms with Crippen LogP contribution in [0.5, 0.6) is 0 Å². The van der Waals surface area contributed by atoms with Crippen LogP contribution in [-0.2, 0) is 33.3 Å². The first-order chi connectivity index (χ1) is 12.4. The van der Waals surface area contributed by atoms with E-state index in [0.29, 0.717) is 13.2 Å². The molecule has 1 aliphatic rings. The molecule has 0 amide bonds. The van der Waals surface area contributed by atoms with Crippen molar-refractivity contribution in [3.05, 3.63) is 0 Å². The number of carbonyl (C=O) groups excluding carboxylic acids is 2. The highest BCUT2D eigenvalue weighted by molar-refractivity contribution is 5.67. The van der Waals surface area contributed by atoms with Crippen LogP contribution in [0.4, 0.5) is 4.39 Å². The normalized spacial score (nSPS) is 28.1. The van der Waals surface area contributed by atoms with Crippen LogP contribution in [0.25, 0.3) is 0 Å². The summed E-state index contributed by atoms with van der Waals surface area (Å²) in [6.07, 6.45) is 0.160. The first-order valence-corrected chi connectivity index (χ1v) is 9.17. The van der Waals surface area contributed by atoms with Gasteiger partial charge in [-0.2, -0.15) is 0 Å². The summed E-state index contributed by atoms with van der Waals surface area (Å²) in [5.74, 6) is -1.22. The van der Waals surface area contributed by atoms with Gasteiger partial charge in [-0.05, 0) is 12.8 Å². The van der Waals surface area contributed by atoms with Gasteiger partial charge in [0.15, 0.2) is 11.7 Å². The molecule has 1 heterocycles. The number of esters is 2. The van der Waals surface area contributed by atoms with Crippen molar-refractivity contribution in [2.45, 2.75) is 77.5 Å².